The van der Waals surface area contributed by atoms with Gasteiger partial charge in [-0.2, -0.15) is 0 Å². The molecule has 0 rings (SSSR count). The molecule has 2 unspecified atom stereocenters. The second-order valence-electron chi connectivity index (χ2n) is 23.6. The van der Waals surface area contributed by atoms with Crippen LogP contribution in [0, 0.1) is 0 Å². The SMILES string of the molecule is CCCCCCCCCCCCCCCCCCCCCCCCCCCCC/C=C/CC/C=C/C(O)C(CO)NC(=O)CCCCCCCCCCCCCCCCCCCCCCCCCCCCCC. The molecule has 0 saturated carbocycles. The quantitative estimate of drug-likeness (QED) is 0.0420. The van der Waals surface area contributed by atoms with Crippen molar-refractivity contribution < 1.29 is 15.0 Å². The number of carbonyl (C=O) groups is 1. The fraction of sp³-hybridized carbons (Fsp3) is 0.928. The number of aliphatic hydroxyl groups is 2. The van der Waals surface area contributed by atoms with Crippen LogP contribution in [0.5, 0.6) is 0 Å². The van der Waals surface area contributed by atoms with Crippen LogP contribution in [-0.4, -0.2) is 34.9 Å². The third-order valence-electron chi connectivity index (χ3n) is 16.2. The first-order valence-corrected chi connectivity index (χ1v) is 34.1. The lowest BCUT2D eigenvalue weighted by molar-refractivity contribution is -0.123. The summed E-state index contributed by atoms with van der Waals surface area (Å²) in [6.45, 7) is 4.35. The van der Waals surface area contributed by atoms with Crippen molar-refractivity contribution in [3.8, 4) is 0 Å². The van der Waals surface area contributed by atoms with Crippen molar-refractivity contribution in [1.82, 2.24) is 5.32 Å². The normalized spacial score (nSPS) is 12.8. The van der Waals surface area contributed by atoms with Crippen LogP contribution in [0.1, 0.15) is 393 Å². The van der Waals surface area contributed by atoms with Crippen molar-refractivity contribution in [2.75, 3.05) is 6.61 Å². The van der Waals surface area contributed by atoms with Crippen LogP contribution in [0.2, 0.25) is 0 Å². The summed E-state index contributed by atoms with van der Waals surface area (Å²) in [5.74, 6) is -0.0644. The first kappa shape index (κ1) is 71.9. The first-order valence-electron chi connectivity index (χ1n) is 34.1. The highest BCUT2D eigenvalue weighted by atomic mass is 16.3. The van der Waals surface area contributed by atoms with Gasteiger partial charge in [-0.1, -0.05) is 378 Å². The first-order chi connectivity index (χ1) is 36.2. The minimum atomic E-state index is -0.861. The summed E-state index contributed by atoms with van der Waals surface area (Å²) < 4.78 is 0. The number of unbranched alkanes of at least 4 members (excludes halogenated alkanes) is 55. The highest BCUT2D eigenvalue weighted by Gasteiger charge is 2.18. The molecule has 3 N–H and O–H groups in total. The summed E-state index contributed by atoms with van der Waals surface area (Å²) in [6, 6.07) is -0.638. The van der Waals surface area contributed by atoms with Crippen LogP contribution >= 0.6 is 0 Å². The Morgan fingerprint density at radius 2 is 0.534 bits per heavy atom. The molecule has 2 atom stereocenters. The summed E-state index contributed by atoms with van der Waals surface area (Å²) in [4.78, 5) is 12.5. The zero-order valence-corrected chi connectivity index (χ0v) is 50.2. The average Bonchev–Trinajstić information content (AvgIpc) is 3.40. The van der Waals surface area contributed by atoms with E-state index in [1.165, 1.54) is 340 Å². The van der Waals surface area contributed by atoms with Crippen LogP contribution in [-0.2, 0) is 4.79 Å². The maximum atomic E-state index is 12.5. The Hall–Kier alpha value is -1.13. The van der Waals surface area contributed by atoms with Crippen molar-refractivity contribution in [2.45, 2.75) is 405 Å². The van der Waals surface area contributed by atoms with E-state index in [4.69, 9.17) is 0 Å². The molecular weight excluding hydrogens is 891 g/mol. The predicted molar refractivity (Wildman–Crippen MR) is 327 cm³/mol. The molecule has 0 aliphatic carbocycles. The van der Waals surface area contributed by atoms with Crippen LogP contribution in [0.15, 0.2) is 24.3 Å². The predicted octanol–water partition coefficient (Wildman–Crippen LogP) is 23.0. The fourth-order valence-corrected chi connectivity index (χ4v) is 11.0. The number of carbonyl (C=O) groups excluding carboxylic acids is 1. The highest BCUT2D eigenvalue weighted by molar-refractivity contribution is 5.76. The molecule has 434 valence electrons. The third kappa shape index (κ3) is 61.6. The van der Waals surface area contributed by atoms with Crippen molar-refractivity contribution in [3.05, 3.63) is 24.3 Å². The Balaban J connectivity index is 3.44. The Labute approximate surface area is 459 Å². The standard InChI is InChI=1S/C69H135NO3/c1-3-5-7-9-11-13-15-17-19-21-23-25-27-29-31-33-34-35-36-37-38-40-42-44-46-48-50-52-54-56-58-60-62-64-68(72)67(66-71)70-69(73)65-63-61-59-57-55-53-51-49-47-45-43-41-39-32-30-28-26-24-22-20-18-16-14-12-10-8-6-4-2/h54,56,62,64,67-68,71-72H,3-53,55,57-61,63,65-66H2,1-2H3,(H,70,73)/b56-54+,64-62+. The van der Waals surface area contributed by atoms with E-state index in [1.54, 1.807) is 6.08 Å². The zero-order chi connectivity index (χ0) is 52.7. The molecule has 73 heavy (non-hydrogen) atoms. The molecule has 0 heterocycles. The monoisotopic (exact) mass is 1030 g/mol. The summed E-state index contributed by atoms with van der Waals surface area (Å²) in [5.41, 5.74) is 0. The number of allylic oxidation sites excluding steroid dienone is 3. The maximum Gasteiger partial charge on any atom is 0.220 e. The van der Waals surface area contributed by atoms with E-state index in [-0.39, 0.29) is 12.5 Å². The van der Waals surface area contributed by atoms with Gasteiger partial charge in [0, 0.05) is 6.42 Å². The van der Waals surface area contributed by atoms with E-state index in [0.29, 0.717) is 6.42 Å². The molecule has 0 bridgehead atoms. The largest absolute Gasteiger partial charge is 0.394 e. The lowest BCUT2D eigenvalue weighted by Crippen LogP contribution is -2.45. The van der Waals surface area contributed by atoms with Gasteiger partial charge in [-0.05, 0) is 32.1 Å². The van der Waals surface area contributed by atoms with Crippen molar-refractivity contribution in [2.24, 2.45) is 0 Å². The molecule has 0 fully saturated rings. The lowest BCUT2D eigenvalue weighted by atomic mass is 10.0. The van der Waals surface area contributed by atoms with Crippen LogP contribution in [0.4, 0.5) is 0 Å². The molecule has 0 radical (unpaired) electrons. The van der Waals surface area contributed by atoms with E-state index >= 15 is 0 Å². The van der Waals surface area contributed by atoms with Crippen LogP contribution in [0.25, 0.3) is 0 Å². The van der Waals surface area contributed by atoms with Gasteiger partial charge in [0.25, 0.3) is 0 Å². The molecule has 0 aliphatic heterocycles. The Morgan fingerprint density at radius 1 is 0.315 bits per heavy atom. The van der Waals surface area contributed by atoms with Gasteiger partial charge in [0.05, 0.1) is 18.8 Å². The van der Waals surface area contributed by atoms with Gasteiger partial charge >= 0.3 is 0 Å². The summed E-state index contributed by atoms with van der Waals surface area (Å²) in [7, 11) is 0. The van der Waals surface area contributed by atoms with Crippen molar-refractivity contribution >= 4 is 5.91 Å². The summed E-state index contributed by atoms with van der Waals surface area (Å²) in [6.07, 6.45) is 88.4. The minimum Gasteiger partial charge on any atom is -0.394 e. The van der Waals surface area contributed by atoms with Crippen LogP contribution < -0.4 is 5.32 Å². The maximum absolute atomic E-state index is 12.5. The second kappa shape index (κ2) is 65.2. The molecule has 4 heteroatoms. The second-order valence-corrected chi connectivity index (χ2v) is 23.6. The molecular formula is C69H135NO3. The van der Waals surface area contributed by atoms with Gasteiger partial charge in [-0.3, -0.25) is 4.79 Å². The van der Waals surface area contributed by atoms with Crippen molar-refractivity contribution in [3.63, 3.8) is 0 Å². The van der Waals surface area contributed by atoms with Gasteiger partial charge in [0.15, 0.2) is 0 Å². The molecule has 1 amide bonds. The molecule has 0 aromatic heterocycles. The fourth-order valence-electron chi connectivity index (χ4n) is 11.0. The molecule has 0 aromatic carbocycles. The lowest BCUT2D eigenvalue weighted by Gasteiger charge is -2.19. The Bertz CT molecular complexity index is 1070. The number of rotatable bonds is 64. The number of aliphatic hydroxyl groups excluding tert-OH is 2. The molecule has 0 saturated heterocycles. The van der Waals surface area contributed by atoms with Gasteiger partial charge < -0.3 is 15.5 Å². The van der Waals surface area contributed by atoms with E-state index < -0.39 is 12.1 Å². The van der Waals surface area contributed by atoms with E-state index in [0.717, 1.165) is 32.1 Å². The number of nitrogens with one attached hydrogen (secondary N) is 1. The Kier molecular flexibility index (Phi) is 64.1. The number of amides is 1. The summed E-state index contributed by atoms with van der Waals surface area (Å²) >= 11 is 0. The number of hydrogen-bond donors (Lipinski definition) is 3. The minimum absolute atomic E-state index is 0.0644. The highest BCUT2D eigenvalue weighted by Crippen LogP contribution is 2.19. The van der Waals surface area contributed by atoms with E-state index in [2.05, 4.69) is 31.3 Å². The van der Waals surface area contributed by atoms with Gasteiger partial charge in [-0.25, -0.2) is 0 Å². The van der Waals surface area contributed by atoms with Crippen LogP contribution in [0.3, 0.4) is 0 Å². The van der Waals surface area contributed by atoms with Gasteiger partial charge in [0.2, 0.25) is 5.91 Å². The topological polar surface area (TPSA) is 69.6 Å². The van der Waals surface area contributed by atoms with E-state index in [9.17, 15) is 15.0 Å². The smallest absolute Gasteiger partial charge is 0.220 e. The van der Waals surface area contributed by atoms with Crippen molar-refractivity contribution in [1.29, 1.82) is 0 Å². The molecule has 0 spiro atoms. The Morgan fingerprint density at radius 3 is 0.795 bits per heavy atom. The number of hydrogen-bond acceptors (Lipinski definition) is 3. The molecule has 4 nitrogen and oxygen atoms in total. The molecule has 0 aliphatic rings. The molecule has 0 aromatic rings. The van der Waals surface area contributed by atoms with E-state index in [1.807, 2.05) is 6.08 Å². The van der Waals surface area contributed by atoms with Gasteiger partial charge in [0.1, 0.15) is 0 Å². The third-order valence-corrected chi connectivity index (χ3v) is 16.2. The zero-order valence-electron chi connectivity index (χ0n) is 50.2. The van der Waals surface area contributed by atoms with Gasteiger partial charge in [-0.15, -0.1) is 0 Å². The summed E-state index contributed by atoms with van der Waals surface area (Å²) in [5, 5.41) is 23.3. The average molecular weight is 1030 g/mol.